The first kappa shape index (κ1) is 16.0. The molecule has 116 valence electrons. The Morgan fingerprint density at radius 1 is 1.48 bits per heavy atom. The highest BCUT2D eigenvalue weighted by molar-refractivity contribution is 6.31. The van der Waals surface area contributed by atoms with E-state index in [-0.39, 0.29) is 0 Å². The van der Waals surface area contributed by atoms with Crippen molar-refractivity contribution < 1.29 is 4.74 Å². The molecule has 1 fully saturated rings. The summed E-state index contributed by atoms with van der Waals surface area (Å²) in [5.74, 6) is 2.44. The van der Waals surface area contributed by atoms with Crippen LogP contribution in [0.1, 0.15) is 25.8 Å². The number of rotatable bonds is 6. The van der Waals surface area contributed by atoms with Gasteiger partial charge >= 0.3 is 0 Å². The number of ether oxygens (including phenoxy) is 1. The largest absolute Gasteiger partial charge is 0.497 e. The minimum atomic E-state index is 0.576. The monoisotopic (exact) mass is 309 g/mol. The summed E-state index contributed by atoms with van der Waals surface area (Å²) < 4.78 is 5.15. The van der Waals surface area contributed by atoms with Crippen molar-refractivity contribution in [1.82, 2.24) is 10.6 Å². The third kappa shape index (κ3) is 4.81. The fraction of sp³-hybridized carbons (Fsp3) is 0.562. The molecule has 1 aromatic rings. The number of guanidine groups is 1. The van der Waals surface area contributed by atoms with Crippen LogP contribution < -0.4 is 15.4 Å². The van der Waals surface area contributed by atoms with Crippen LogP contribution in [0.2, 0.25) is 5.02 Å². The normalized spacial score (nSPS) is 21.0. The lowest BCUT2D eigenvalue weighted by atomic mass is 10.1. The fourth-order valence-electron chi connectivity index (χ4n) is 2.16. The molecule has 5 heteroatoms. The Labute approximate surface area is 131 Å². The summed E-state index contributed by atoms with van der Waals surface area (Å²) in [4.78, 5) is 4.61. The lowest BCUT2D eigenvalue weighted by Gasteiger charge is -2.11. The zero-order valence-corrected chi connectivity index (χ0v) is 13.7. The number of nitrogens with zero attached hydrogens (tertiary/aromatic N) is 1. The maximum atomic E-state index is 6.24. The van der Waals surface area contributed by atoms with Crippen molar-refractivity contribution in [3.63, 3.8) is 0 Å². The molecule has 0 heterocycles. The third-order valence-electron chi connectivity index (χ3n) is 3.69. The number of halogens is 1. The van der Waals surface area contributed by atoms with E-state index < -0.39 is 0 Å². The average molecular weight is 310 g/mol. The number of benzene rings is 1. The molecule has 0 radical (unpaired) electrons. The second kappa shape index (κ2) is 7.55. The number of methoxy groups -OCH3 is 1. The van der Waals surface area contributed by atoms with Gasteiger partial charge in [0.05, 0.1) is 7.11 Å². The summed E-state index contributed by atoms with van der Waals surface area (Å²) in [5, 5.41) is 7.46. The second-order valence-electron chi connectivity index (χ2n) is 5.43. The van der Waals surface area contributed by atoms with E-state index in [0.29, 0.717) is 12.6 Å². The van der Waals surface area contributed by atoms with Crippen LogP contribution in [-0.2, 0) is 6.42 Å². The summed E-state index contributed by atoms with van der Waals surface area (Å²) in [6, 6.07) is 6.35. The predicted octanol–water partition coefficient (Wildman–Crippen LogP) is 2.85. The zero-order valence-electron chi connectivity index (χ0n) is 12.9. The maximum Gasteiger partial charge on any atom is 0.191 e. The fourth-order valence-corrected chi connectivity index (χ4v) is 2.43. The molecule has 1 aliphatic rings. The van der Waals surface area contributed by atoms with Crippen LogP contribution in [0.25, 0.3) is 0 Å². The van der Waals surface area contributed by atoms with E-state index in [4.69, 9.17) is 16.3 Å². The molecule has 1 saturated carbocycles. The van der Waals surface area contributed by atoms with E-state index in [1.165, 1.54) is 6.42 Å². The number of nitrogens with one attached hydrogen (secondary N) is 2. The highest BCUT2D eigenvalue weighted by Gasteiger charge is 2.33. The van der Waals surface area contributed by atoms with Crippen molar-refractivity contribution in [2.45, 2.75) is 32.7 Å². The Morgan fingerprint density at radius 2 is 2.24 bits per heavy atom. The molecule has 0 bridgehead atoms. The Bertz CT molecular complexity index is 504. The van der Waals surface area contributed by atoms with Gasteiger partial charge < -0.3 is 15.4 Å². The SMILES string of the molecule is CCNC(=NCCc1ccc(OC)cc1Cl)NC1CC1C. The van der Waals surface area contributed by atoms with E-state index in [9.17, 15) is 0 Å². The van der Waals surface area contributed by atoms with Gasteiger partial charge in [-0.2, -0.15) is 0 Å². The van der Waals surface area contributed by atoms with Gasteiger partial charge in [0.2, 0.25) is 0 Å². The van der Waals surface area contributed by atoms with Gasteiger partial charge in [0.1, 0.15) is 5.75 Å². The standard InChI is InChI=1S/C16H24ClN3O/c1-4-18-16(20-15-9-11(15)2)19-8-7-12-5-6-13(21-3)10-14(12)17/h5-6,10-11,15H,4,7-9H2,1-3H3,(H2,18,19,20). The first-order valence-electron chi connectivity index (χ1n) is 7.51. The quantitative estimate of drug-likeness (QED) is 0.627. The van der Waals surface area contributed by atoms with Crippen molar-refractivity contribution >= 4 is 17.6 Å². The van der Waals surface area contributed by atoms with E-state index in [1.807, 2.05) is 18.2 Å². The molecule has 0 saturated heterocycles. The van der Waals surface area contributed by atoms with Gasteiger partial charge in [-0.15, -0.1) is 0 Å². The number of hydrogen-bond donors (Lipinski definition) is 2. The van der Waals surface area contributed by atoms with Crippen LogP contribution in [0.4, 0.5) is 0 Å². The summed E-state index contributed by atoms with van der Waals surface area (Å²) in [6.45, 7) is 5.91. The van der Waals surface area contributed by atoms with Crippen LogP contribution in [0.3, 0.4) is 0 Å². The lowest BCUT2D eigenvalue weighted by Crippen LogP contribution is -2.39. The minimum Gasteiger partial charge on any atom is -0.497 e. The van der Waals surface area contributed by atoms with Gasteiger partial charge in [-0.25, -0.2) is 0 Å². The summed E-state index contributed by atoms with van der Waals surface area (Å²) in [6.07, 6.45) is 2.05. The van der Waals surface area contributed by atoms with Crippen LogP contribution in [0.15, 0.2) is 23.2 Å². The molecule has 0 spiro atoms. The van der Waals surface area contributed by atoms with E-state index in [1.54, 1.807) is 7.11 Å². The Morgan fingerprint density at radius 3 is 2.81 bits per heavy atom. The maximum absolute atomic E-state index is 6.24. The molecule has 4 nitrogen and oxygen atoms in total. The van der Waals surface area contributed by atoms with Crippen LogP contribution in [0.5, 0.6) is 5.75 Å². The lowest BCUT2D eigenvalue weighted by molar-refractivity contribution is 0.414. The molecule has 1 aliphatic carbocycles. The highest BCUT2D eigenvalue weighted by atomic mass is 35.5. The Kier molecular flexibility index (Phi) is 5.74. The molecular weight excluding hydrogens is 286 g/mol. The molecule has 21 heavy (non-hydrogen) atoms. The van der Waals surface area contributed by atoms with E-state index >= 15 is 0 Å². The first-order chi connectivity index (χ1) is 10.1. The average Bonchev–Trinajstić information content (AvgIpc) is 3.16. The van der Waals surface area contributed by atoms with Gasteiger partial charge in [0.25, 0.3) is 0 Å². The molecule has 0 amide bonds. The van der Waals surface area contributed by atoms with Gasteiger partial charge in [0.15, 0.2) is 5.96 Å². The highest BCUT2D eigenvalue weighted by Crippen LogP contribution is 2.28. The number of hydrogen-bond acceptors (Lipinski definition) is 2. The van der Waals surface area contributed by atoms with Crippen molar-refractivity contribution in [3.05, 3.63) is 28.8 Å². The molecule has 2 N–H and O–H groups in total. The van der Waals surface area contributed by atoms with E-state index in [2.05, 4.69) is 29.5 Å². The topological polar surface area (TPSA) is 45.7 Å². The zero-order chi connectivity index (χ0) is 15.2. The van der Waals surface area contributed by atoms with Crippen LogP contribution in [-0.4, -0.2) is 32.2 Å². The Hall–Kier alpha value is -1.42. The van der Waals surface area contributed by atoms with Crippen molar-refractivity contribution in [3.8, 4) is 5.75 Å². The third-order valence-corrected chi connectivity index (χ3v) is 4.04. The first-order valence-corrected chi connectivity index (χ1v) is 7.89. The molecule has 0 aliphatic heterocycles. The second-order valence-corrected chi connectivity index (χ2v) is 5.84. The van der Waals surface area contributed by atoms with Gasteiger partial charge in [0, 0.05) is 24.2 Å². The smallest absolute Gasteiger partial charge is 0.191 e. The van der Waals surface area contributed by atoms with Crippen molar-refractivity contribution in [2.75, 3.05) is 20.2 Å². The summed E-state index contributed by atoms with van der Waals surface area (Å²) >= 11 is 6.24. The number of aliphatic imine (C=N–C) groups is 1. The van der Waals surface area contributed by atoms with E-state index in [0.717, 1.165) is 41.2 Å². The van der Waals surface area contributed by atoms with Gasteiger partial charge in [-0.05, 0) is 43.4 Å². The van der Waals surface area contributed by atoms with Crippen molar-refractivity contribution in [1.29, 1.82) is 0 Å². The molecule has 2 atom stereocenters. The molecule has 0 aromatic heterocycles. The van der Waals surface area contributed by atoms with Crippen LogP contribution in [0, 0.1) is 5.92 Å². The minimum absolute atomic E-state index is 0.576. The molecule has 2 unspecified atom stereocenters. The van der Waals surface area contributed by atoms with Gasteiger partial charge in [-0.1, -0.05) is 24.6 Å². The van der Waals surface area contributed by atoms with Crippen molar-refractivity contribution in [2.24, 2.45) is 10.9 Å². The molecule has 2 rings (SSSR count). The Balaban J connectivity index is 1.89. The predicted molar refractivity (Wildman–Crippen MR) is 88.4 cm³/mol. The summed E-state index contributed by atoms with van der Waals surface area (Å²) in [5.41, 5.74) is 1.09. The molecular formula is C16H24ClN3O. The summed E-state index contributed by atoms with van der Waals surface area (Å²) in [7, 11) is 1.64. The van der Waals surface area contributed by atoms with Gasteiger partial charge in [-0.3, -0.25) is 4.99 Å². The molecule has 1 aromatic carbocycles. The van der Waals surface area contributed by atoms with Crippen LogP contribution >= 0.6 is 11.6 Å².